The molecule has 0 heterocycles. The molecule has 1 aromatic rings. The number of hydrogen-bond donors (Lipinski definition) is 1. The topological polar surface area (TPSA) is 26.0 Å². The Labute approximate surface area is 83.3 Å². The highest BCUT2D eigenvalue weighted by Gasteiger charge is 1.94. The first-order valence-corrected chi connectivity index (χ1v) is 5.22. The Morgan fingerprint density at radius 1 is 1.33 bits per heavy atom. The van der Waals surface area contributed by atoms with E-state index >= 15 is 0 Å². The molecule has 0 aliphatic carbocycles. The molecular weight excluding hydrogens is 190 g/mol. The van der Waals surface area contributed by atoms with Gasteiger partial charge in [-0.2, -0.15) is 0 Å². The van der Waals surface area contributed by atoms with Gasteiger partial charge in [0.05, 0.1) is 0 Å². The van der Waals surface area contributed by atoms with Crippen molar-refractivity contribution in [3.8, 4) is 0 Å². The van der Waals surface area contributed by atoms with Crippen molar-refractivity contribution in [2.45, 2.75) is 11.8 Å². The van der Waals surface area contributed by atoms with E-state index in [9.17, 15) is 0 Å². The molecule has 1 nitrogen and oxygen atoms in total. The number of hydrogen-bond acceptors (Lipinski definition) is 2. The van der Waals surface area contributed by atoms with Crippen LogP contribution in [0.15, 0.2) is 23.1 Å². The van der Waals surface area contributed by atoms with Crippen LogP contribution >= 0.6 is 23.4 Å². The molecule has 0 bridgehead atoms. The molecule has 2 N–H and O–H groups in total. The highest BCUT2D eigenvalue weighted by atomic mass is 35.5. The monoisotopic (exact) mass is 203 g/mol. The molecule has 1 rings (SSSR count). The number of benzene rings is 1. The van der Waals surface area contributed by atoms with E-state index in [2.05, 4.69) is 11.8 Å². The van der Waals surface area contributed by atoms with E-state index < -0.39 is 0 Å². The van der Waals surface area contributed by atoms with Gasteiger partial charge in [-0.05, 0) is 37.9 Å². The van der Waals surface area contributed by atoms with E-state index in [-0.39, 0.29) is 0 Å². The fourth-order valence-corrected chi connectivity index (χ4v) is 1.39. The van der Waals surface area contributed by atoms with Gasteiger partial charge in [0.2, 0.25) is 0 Å². The molecule has 3 heteroatoms. The van der Waals surface area contributed by atoms with Crippen LogP contribution in [0.4, 0.5) is 0 Å². The summed E-state index contributed by atoms with van der Waals surface area (Å²) in [6.45, 7) is 2.01. The van der Waals surface area contributed by atoms with Crippen LogP contribution in [0, 0.1) is 6.92 Å². The molecule has 0 saturated carbocycles. The summed E-state index contributed by atoms with van der Waals surface area (Å²) in [5.41, 5.74) is 5.64. The molecule has 1 aromatic carbocycles. The Bertz CT molecular complexity index is 238. The molecule has 0 spiro atoms. The zero-order valence-electron chi connectivity index (χ0n) is 7.60. The summed E-state index contributed by atoms with van der Waals surface area (Å²) in [6, 6.07) is 6.10. The number of rotatable bonds is 1. The minimum Gasteiger partial charge on any atom is -0.333 e. The molecule has 0 aliphatic heterocycles. The van der Waals surface area contributed by atoms with Crippen molar-refractivity contribution in [1.82, 2.24) is 0 Å². The Kier molecular flexibility index (Phi) is 6.25. The summed E-state index contributed by atoms with van der Waals surface area (Å²) < 4.78 is 0. The van der Waals surface area contributed by atoms with Crippen LogP contribution in [0.25, 0.3) is 0 Å². The van der Waals surface area contributed by atoms with Gasteiger partial charge >= 0.3 is 0 Å². The number of aryl methyl sites for hydroxylation is 1. The normalized spacial score (nSPS) is 8.75. The first-order valence-electron chi connectivity index (χ1n) is 3.62. The van der Waals surface area contributed by atoms with Crippen molar-refractivity contribution in [3.63, 3.8) is 0 Å². The van der Waals surface area contributed by atoms with Gasteiger partial charge in [-0.3, -0.25) is 0 Å². The molecule has 0 aliphatic rings. The van der Waals surface area contributed by atoms with Crippen molar-refractivity contribution in [1.29, 1.82) is 0 Å². The van der Waals surface area contributed by atoms with Crippen molar-refractivity contribution < 1.29 is 0 Å². The standard InChI is InChI=1S/C8H9ClS.CH5N/c1-6-3-4-7(10-2)5-8(6)9;1-2/h3-5H,1-2H3;2H2,1H3. The lowest BCUT2D eigenvalue weighted by molar-refractivity contribution is 1.38. The predicted molar refractivity (Wildman–Crippen MR) is 58.1 cm³/mol. The second-order valence-corrected chi connectivity index (χ2v) is 3.40. The predicted octanol–water partition coefficient (Wildman–Crippen LogP) is 2.95. The SMILES string of the molecule is CN.CSc1ccc(C)c(Cl)c1. The molecule has 0 aromatic heterocycles. The maximum absolute atomic E-state index is 5.88. The third kappa shape index (κ3) is 3.48. The van der Waals surface area contributed by atoms with Crippen LogP contribution in [0.2, 0.25) is 5.02 Å². The summed E-state index contributed by atoms with van der Waals surface area (Å²) >= 11 is 7.59. The van der Waals surface area contributed by atoms with Gasteiger partial charge < -0.3 is 5.73 Å². The van der Waals surface area contributed by atoms with E-state index in [1.807, 2.05) is 25.3 Å². The Morgan fingerprint density at radius 3 is 2.33 bits per heavy atom. The summed E-state index contributed by atoms with van der Waals surface area (Å²) in [4.78, 5) is 1.22. The van der Waals surface area contributed by atoms with Crippen LogP contribution in [0.5, 0.6) is 0 Å². The van der Waals surface area contributed by atoms with Gasteiger partial charge in [-0.25, -0.2) is 0 Å². The van der Waals surface area contributed by atoms with Crippen molar-refractivity contribution in [2.75, 3.05) is 13.3 Å². The summed E-state index contributed by atoms with van der Waals surface area (Å²) in [7, 11) is 1.50. The van der Waals surface area contributed by atoms with Crippen molar-refractivity contribution in [2.24, 2.45) is 5.73 Å². The number of nitrogens with two attached hydrogens (primary N) is 1. The maximum Gasteiger partial charge on any atom is 0.0446 e. The van der Waals surface area contributed by atoms with E-state index in [1.165, 1.54) is 11.9 Å². The number of halogens is 1. The first-order chi connectivity index (χ1) is 5.74. The lowest BCUT2D eigenvalue weighted by atomic mass is 10.2. The molecule has 68 valence electrons. The van der Waals surface area contributed by atoms with Crippen LogP contribution in [0.3, 0.4) is 0 Å². The van der Waals surface area contributed by atoms with Crippen molar-refractivity contribution in [3.05, 3.63) is 28.8 Å². The fourth-order valence-electron chi connectivity index (χ4n) is 0.701. The first kappa shape index (κ1) is 11.8. The summed E-state index contributed by atoms with van der Waals surface area (Å²) in [5.74, 6) is 0. The van der Waals surface area contributed by atoms with Gasteiger partial charge in [-0.1, -0.05) is 17.7 Å². The molecule has 0 saturated heterocycles. The second-order valence-electron chi connectivity index (χ2n) is 2.12. The smallest absolute Gasteiger partial charge is 0.0446 e. The lowest BCUT2D eigenvalue weighted by Crippen LogP contribution is -1.74. The van der Waals surface area contributed by atoms with Gasteiger partial charge in [0, 0.05) is 9.92 Å². The van der Waals surface area contributed by atoms with Gasteiger partial charge in [0.1, 0.15) is 0 Å². The highest BCUT2D eigenvalue weighted by molar-refractivity contribution is 7.98. The van der Waals surface area contributed by atoms with E-state index in [0.717, 1.165) is 10.6 Å². The minimum absolute atomic E-state index is 0.854. The fraction of sp³-hybridized carbons (Fsp3) is 0.333. The molecule has 12 heavy (non-hydrogen) atoms. The van der Waals surface area contributed by atoms with Gasteiger partial charge in [0.25, 0.3) is 0 Å². The van der Waals surface area contributed by atoms with Crippen molar-refractivity contribution >= 4 is 23.4 Å². The second kappa shape index (κ2) is 6.35. The zero-order chi connectivity index (χ0) is 9.56. The molecule has 0 amide bonds. The Hall–Kier alpha value is -0.180. The van der Waals surface area contributed by atoms with Crippen LogP contribution < -0.4 is 5.73 Å². The highest BCUT2D eigenvalue weighted by Crippen LogP contribution is 2.22. The van der Waals surface area contributed by atoms with Gasteiger partial charge in [0.15, 0.2) is 0 Å². The van der Waals surface area contributed by atoms with E-state index in [4.69, 9.17) is 11.6 Å². The van der Waals surface area contributed by atoms with Crippen LogP contribution in [0.1, 0.15) is 5.56 Å². The Morgan fingerprint density at radius 2 is 1.92 bits per heavy atom. The van der Waals surface area contributed by atoms with E-state index in [1.54, 1.807) is 11.8 Å². The largest absolute Gasteiger partial charge is 0.333 e. The van der Waals surface area contributed by atoms with E-state index in [0.29, 0.717) is 0 Å². The zero-order valence-corrected chi connectivity index (χ0v) is 9.17. The quantitative estimate of drug-likeness (QED) is 0.711. The average molecular weight is 204 g/mol. The lowest BCUT2D eigenvalue weighted by Gasteiger charge is -1.98. The molecule has 0 fully saturated rings. The molecular formula is C9H14ClNS. The molecule has 0 radical (unpaired) electrons. The van der Waals surface area contributed by atoms with Crippen LogP contribution in [-0.4, -0.2) is 13.3 Å². The average Bonchev–Trinajstić information content (AvgIpc) is 2.13. The Balaban J connectivity index is 0.000000561. The summed E-state index contributed by atoms with van der Waals surface area (Å²) in [6.07, 6.45) is 2.04. The van der Waals surface area contributed by atoms with Gasteiger partial charge in [-0.15, -0.1) is 11.8 Å². The number of thioether (sulfide) groups is 1. The third-order valence-corrected chi connectivity index (χ3v) is 2.51. The third-order valence-electron chi connectivity index (χ3n) is 1.38. The molecule has 0 atom stereocenters. The summed E-state index contributed by atoms with van der Waals surface area (Å²) in [5, 5.41) is 0.854. The molecule has 0 unspecified atom stereocenters. The minimum atomic E-state index is 0.854. The maximum atomic E-state index is 5.88. The van der Waals surface area contributed by atoms with Crippen LogP contribution in [-0.2, 0) is 0 Å².